The lowest BCUT2D eigenvalue weighted by molar-refractivity contribution is 0.0992. The van der Waals surface area contributed by atoms with Gasteiger partial charge >= 0.3 is 0 Å². The van der Waals surface area contributed by atoms with Crippen molar-refractivity contribution in [3.8, 4) is 17.2 Å². The highest BCUT2D eigenvalue weighted by Gasteiger charge is 2.14. The molecule has 1 N–H and O–H groups in total. The van der Waals surface area contributed by atoms with Crippen LogP contribution >= 0.6 is 0 Å². The van der Waals surface area contributed by atoms with E-state index in [1.54, 1.807) is 29.2 Å². The van der Waals surface area contributed by atoms with Gasteiger partial charge in [-0.15, -0.1) is 0 Å². The largest absolute Gasteiger partial charge is 0.490 e. The molecule has 0 aliphatic carbocycles. The lowest BCUT2D eigenvalue weighted by atomic mass is 10.2. The van der Waals surface area contributed by atoms with Gasteiger partial charge in [0.1, 0.15) is 23.9 Å². The summed E-state index contributed by atoms with van der Waals surface area (Å²) in [7, 11) is 0. The number of anilines is 1. The third-order valence-corrected chi connectivity index (χ3v) is 4.92. The predicted octanol–water partition coefficient (Wildman–Crippen LogP) is 5.29. The first-order valence-corrected chi connectivity index (χ1v) is 11.2. The van der Waals surface area contributed by atoms with Crippen molar-refractivity contribution in [2.75, 3.05) is 18.5 Å². The zero-order valence-corrected chi connectivity index (χ0v) is 19.5. The third-order valence-electron chi connectivity index (χ3n) is 4.92. The first kappa shape index (κ1) is 23.9. The number of hydrogen-bond donors (Lipinski definition) is 1. The molecule has 0 unspecified atom stereocenters. The number of rotatable bonds is 11. The lowest BCUT2D eigenvalue weighted by Crippen LogP contribution is -2.10. The first-order chi connectivity index (χ1) is 17.0. The first-order valence-electron chi connectivity index (χ1n) is 11.2. The maximum atomic E-state index is 13.0. The molecule has 0 spiro atoms. The van der Waals surface area contributed by atoms with Crippen molar-refractivity contribution >= 4 is 11.6 Å². The quantitative estimate of drug-likeness (QED) is 0.314. The summed E-state index contributed by atoms with van der Waals surface area (Å²) in [5.41, 5.74) is 1.51. The molecule has 35 heavy (non-hydrogen) atoms. The minimum atomic E-state index is -0.405. The average Bonchev–Trinajstić information content (AvgIpc) is 3.50. The monoisotopic (exact) mass is 479 g/mol. The third kappa shape index (κ3) is 6.41. The van der Waals surface area contributed by atoms with Crippen molar-refractivity contribution in [3.05, 3.63) is 89.9 Å². The van der Waals surface area contributed by atoms with Gasteiger partial charge in [0, 0.05) is 6.20 Å². The minimum Gasteiger partial charge on any atom is -0.490 e. The van der Waals surface area contributed by atoms with Crippen molar-refractivity contribution in [2.24, 2.45) is 0 Å². The molecule has 2 heterocycles. The molecule has 0 bridgehead atoms. The Bertz CT molecular complexity index is 1270. The van der Waals surface area contributed by atoms with Crippen molar-refractivity contribution in [1.82, 2.24) is 9.78 Å². The standard InChI is InChI=1S/C26H26FN3O5/c1-3-32-23-11-5-18(13-25(23)33-4-2)15-30-16-20(14-28-30)29-26(31)24-12-10-22(35-24)17-34-21-8-6-19(27)7-9-21/h5-14,16H,3-4,15,17H2,1-2H3,(H,29,31). The van der Waals surface area contributed by atoms with Crippen LogP contribution in [0.1, 0.15) is 35.7 Å². The number of amides is 1. The van der Waals surface area contributed by atoms with E-state index in [1.165, 1.54) is 24.3 Å². The van der Waals surface area contributed by atoms with Crippen LogP contribution in [0.15, 0.2) is 71.4 Å². The van der Waals surface area contributed by atoms with E-state index >= 15 is 0 Å². The molecule has 4 aromatic rings. The maximum Gasteiger partial charge on any atom is 0.291 e. The number of furan rings is 1. The second kappa shape index (κ2) is 11.2. The summed E-state index contributed by atoms with van der Waals surface area (Å²) in [6.07, 6.45) is 3.30. The SMILES string of the molecule is CCOc1ccc(Cn2cc(NC(=O)c3ccc(COc4ccc(F)cc4)o3)cn2)cc1OCC. The van der Waals surface area contributed by atoms with E-state index in [4.69, 9.17) is 18.6 Å². The number of benzene rings is 2. The second-order valence-corrected chi connectivity index (χ2v) is 7.54. The Morgan fingerprint density at radius 2 is 1.77 bits per heavy atom. The summed E-state index contributed by atoms with van der Waals surface area (Å²) in [5.74, 6) is 1.75. The fourth-order valence-corrected chi connectivity index (χ4v) is 3.35. The number of ether oxygens (including phenoxy) is 3. The number of aromatic nitrogens is 2. The molecule has 182 valence electrons. The molecule has 8 nitrogen and oxygen atoms in total. The van der Waals surface area contributed by atoms with Gasteiger partial charge in [-0.25, -0.2) is 4.39 Å². The molecule has 0 saturated heterocycles. The van der Waals surface area contributed by atoms with Crippen LogP contribution in [0.2, 0.25) is 0 Å². The Morgan fingerprint density at radius 3 is 2.54 bits per heavy atom. The van der Waals surface area contributed by atoms with Crippen molar-refractivity contribution in [2.45, 2.75) is 27.0 Å². The highest BCUT2D eigenvalue weighted by Crippen LogP contribution is 2.29. The molecule has 2 aromatic heterocycles. The number of carbonyl (C=O) groups excluding carboxylic acids is 1. The molecule has 0 radical (unpaired) electrons. The number of hydrogen-bond acceptors (Lipinski definition) is 6. The Balaban J connectivity index is 1.33. The van der Waals surface area contributed by atoms with Gasteiger partial charge in [0.25, 0.3) is 5.91 Å². The highest BCUT2D eigenvalue weighted by atomic mass is 19.1. The summed E-state index contributed by atoms with van der Waals surface area (Å²) in [5, 5.41) is 7.09. The van der Waals surface area contributed by atoms with Gasteiger partial charge in [-0.05, 0) is 67.9 Å². The van der Waals surface area contributed by atoms with Crippen molar-refractivity contribution in [3.63, 3.8) is 0 Å². The van der Waals surface area contributed by atoms with Crippen LogP contribution in [-0.4, -0.2) is 28.9 Å². The van der Waals surface area contributed by atoms with E-state index in [0.29, 0.717) is 48.5 Å². The second-order valence-electron chi connectivity index (χ2n) is 7.54. The molecular weight excluding hydrogens is 453 g/mol. The van der Waals surface area contributed by atoms with Crippen LogP contribution in [0.4, 0.5) is 10.1 Å². The van der Waals surface area contributed by atoms with E-state index in [0.717, 1.165) is 5.56 Å². The smallest absolute Gasteiger partial charge is 0.291 e. The van der Waals surface area contributed by atoms with Crippen LogP contribution in [0, 0.1) is 5.82 Å². The van der Waals surface area contributed by atoms with Crippen LogP contribution in [0.3, 0.4) is 0 Å². The zero-order chi connectivity index (χ0) is 24.6. The Morgan fingerprint density at radius 1 is 1.00 bits per heavy atom. The van der Waals surface area contributed by atoms with E-state index in [-0.39, 0.29) is 18.2 Å². The molecule has 9 heteroatoms. The number of nitrogens with zero attached hydrogens (tertiary/aromatic N) is 2. The van der Waals surface area contributed by atoms with E-state index in [9.17, 15) is 9.18 Å². The fraction of sp³-hybridized carbons (Fsp3) is 0.231. The molecule has 0 aliphatic rings. The Hall–Kier alpha value is -4.27. The van der Waals surface area contributed by atoms with E-state index < -0.39 is 5.91 Å². The molecule has 0 atom stereocenters. The molecule has 0 fully saturated rings. The van der Waals surface area contributed by atoms with E-state index in [2.05, 4.69) is 10.4 Å². The topological polar surface area (TPSA) is 87.8 Å². The van der Waals surface area contributed by atoms with Crippen molar-refractivity contribution in [1.29, 1.82) is 0 Å². The summed E-state index contributed by atoms with van der Waals surface area (Å²) in [6, 6.07) is 14.6. The van der Waals surface area contributed by atoms with Gasteiger partial charge in [-0.2, -0.15) is 5.10 Å². The van der Waals surface area contributed by atoms with Gasteiger partial charge in [0.05, 0.1) is 31.6 Å². The van der Waals surface area contributed by atoms with Crippen LogP contribution < -0.4 is 19.5 Å². The van der Waals surface area contributed by atoms with Crippen LogP contribution in [0.25, 0.3) is 0 Å². The van der Waals surface area contributed by atoms with Gasteiger partial charge in [0.15, 0.2) is 17.3 Å². The number of halogens is 1. The summed E-state index contributed by atoms with van der Waals surface area (Å²) < 4.78 is 37.1. The Kier molecular flexibility index (Phi) is 7.67. The molecule has 1 amide bonds. The van der Waals surface area contributed by atoms with Gasteiger partial charge < -0.3 is 23.9 Å². The molecule has 2 aromatic carbocycles. The van der Waals surface area contributed by atoms with Gasteiger partial charge in [-0.3, -0.25) is 9.48 Å². The van der Waals surface area contributed by atoms with Gasteiger partial charge in [-0.1, -0.05) is 6.07 Å². The molecule has 4 rings (SSSR count). The predicted molar refractivity (Wildman–Crippen MR) is 128 cm³/mol. The van der Waals surface area contributed by atoms with Gasteiger partial charge in [0.2, 0.25) is 0 Å². The minimum absolute atomic E-state index is 0.114. The van der Waals surface area contributed by atoms with E-state index in [1.807, 2.05) is 32.0 Å². The maximum absolute atomic E-state index is 13.0. The lowest BCUT2D eigenvalue weighted by Gasteiger charge is -2.12. The molecule has 0 aliphatic heterocycles. The molecular formula is C26H26FN3O5. The van der Waals surface area contributed by atoms with Crippen LogP contribution in [-0.2, 0) is 13.2 Å². The highest BCUT2D eigenvalue weighted by molar-refractivity contribution is 6.02. The zero-order valence-electron chi connectivity index (χ0n) is 19.5. The summed E-state index contributed by atoms with van der Waals surface area (Å²) >= 11 is 0. The summed E-state index contributed by atoms with van der Waals surface area (Å²) in [6.45, 7) is 5.55. The van der Waals surface area contributed by atoms with Crippen molar-refractivity contribution < 1.29 is 27.8 Å². The average molecular weight is 480 g/mol. The number of nitrogens with one attached hydrogen (secondary N) is 1. The Labute approximate surface area is 202 Å². The molecule has 0 saturated carbocycles. The number of carbonyl (C=O) groups is 1. The normalized spacial score (nSPS) is 10.7. The fourth-order valence-electron chi connectivity index (χ4n) is 3.35. The van der Waals surface area contributed by atoms with Crippen LogP contribution in [0.5, 0.6) is 17.2 Å². The summed E-state index contributed by atoms with van der Waals surface area (Å²) in [4.78, 5) is 12.6.